The van der Waals surface area contributed by atoms with Crippen LogP contribution in [0.4, 0.5) is 25.8 Å². The number of benzene rings is 1. The van der Waals surface area contributed by atoms with E-state index >= 15 is 0 Å². The number of hydrogen-bond acceptors (Lipinski definition) is 3. The number of halogens is 4. The van der Waals surface area contributed by atoms with E-state index in [1.807, 2.05) is 0 Å². The number of nitrogens with two attached hydrogens (primary N) is 2. The molecule has 1 aliphatic rings. The van der Waals surface area contributed by atoms with Gasteiger partial charge in [-0.3, -0.25) is 0 Å². The van der Waals surface area contributed by atoms with Crippen molar-refractivity contribution in [1.29, 1.82) is 0 Å². The Morgan fingerprint density at radius 3 is 2.28 bits per heavy atom. The molecule has 0 saturated carbocycles. The fourth-order valence-electron chi connectivity index (χ4n) is 1.99. The molecule has 1 aliphatic heterocycles. The van der Waals surface area contributed by atoms with Crippen LogP contribution in [0.3, 0.4) is 0 Å². The number of nitrogen functional groups attached to an aromatic ring is 2. The highest BCUT2D eigenvalue weighted by Gasteiger charge is 2.35. The Morgan fingerprint density at radius 2 is 1.72 bits per heavy atom. The summed E-state index contributed by atoms with van der Waals surface area (Å²) in [4.78, 5) is 1.72. The van der Waals surface area contributed by atoms with Gasteiger partial charge in [0, 0.05) is 25.9 Å². The van der Waals surface area contributed by atoms with Gasteiger partial charge in [0.05, 0.1) is 27.1 Å². The van der Waals surface area contributed by atoms with E-state index in [4.69, 9.17) is 34.7 Å². The van der Waals surface area contributed by atoms with Crippen LogP contribution in [0.5, 0.6) is 0 Å². The van der Waals surface area contributed by atoms with Gasteiger partial charge in [0.2, 0.25) is 0 Å². The van der Waals surface area contributed by atoms with Gasteiger partial charge in [-0.2, -0.15) is 0 Å². The third-order valence-electron chi connectivity index (χ3n) is 3.08. The molecule has 0 amide bonds. The van der Waals surface area contributed by atoms with Gasteiger partial charge in [0.15, 0.2) is 0 Å². The first-order chi connectivity index (χ1) is 8.32. The van der Waals surface area contributed by atoms with Gasteiger partial charge in [-0.05, 0) is 6.07 Å². The highest BCUT2D eigenvalue weighted by Crippen LogP contribution is 2.43. The summed E-state index contributed by atoms with van der Waals surface area (Å²) >= 11 is 12.2. The molecule has 0 aliphatic carbocycles. The Kier molecular flexibility index (Phi) is 3.47. The van der Waals surface area contributed by atoms with Crippen molar-refractivity contribution in [2.45, 2.75) is 18.8 Å². The van der Waals surface area contributed by atoms with Crippen LogP contribution in [-0.4, -0.2) is 19.0 Å². The maximum absolute atomic E-state index is 13.1. The number of rotatable bonds is 1. The molecule has 18 heavy (non-hydrogen) atoms. The summed E-state index contributed by atoms with van der Waals surface area (Å²) in [7, 11) is 0. The number of piperidine rings is 1. The maximum atomic E-state index is 13.1. The van der Waals surface area contributed by atoms with Gasteiger partial charge < -0.3 is 16.4 Å². The molecule has 0 atom stereocenters. The predicted octanol–water partition coefficient (Wildman–Crippen LogP) is 3.39. The normalized spacial score (nSPS) is 19.0. The fourth-order valence-corrected chi connectivity index (χ4v) is 2.70. The van der Waals surface area contributed by atoms with E-state index in [9.17, 15) is 8.78 Å². The van der Waals surface area contributed by atoms with E-state index in [1.54, 1.807) is 4.90 Å². The van der Waals surface area contributed by atoms with Gasteiger partial charge in [0.1, 0.15) is 0 Å². The molecule has 0 unspecified atom stereocenters. The first-order valence-electron chi connectivity index (χ1n) is 5.47. The predicted molar refractivity (Wildman–Crippen MR) is 71.7 cm³/mol. The molecule has 1 fully saturated rings. The molecule has 7 heteroatoms. The molecular formula is C11H13Cl2F2N3. The molecule has 0 aromatic heterocycles. The standard InChI is InChI=1S/C11H13Cl2F2N3/c12-6-5-7(16)9(17)8(13)10(6)18-3-1-11(14,15)2-4-18/h5H,1-4,16-17H2. The van der Waals surface area contributed by atoms with Crippen LogP contribution in [0.25, 0.3) is 0 Å². The van der Waals surface area contributed by atoms with Gasteiger partial charge in [-0.25, -0.2) is 8.78 Å². The lowest BCUT2D eigenvalue weighted by molar-refractivity contribution is -0.0220. The molecule has 100 valence electrons. The highest BCUT2D eigenvalue weighted by molar-refractivity contribution is 6.41. The average Bonchev–Trinajstić information content (AvgIpc) is 2.28. The Balaban J connectivity index is 2.33. The van der Waals surface area contributed by atoms with Crippen molar-refractivity contribution in [2.24, 2.45) is 0 Å². The SMILES string of the molecule is Nc1cc(Cl)c(N2CCC(F)(F)CC2)c(Cl)c1N. The van der Waals surface area contributed by atoms with Crippen molar-refractivity contribution in [3.05, 3.63) is 16.1 Å². The molecule has 0 spiro atoms. The fraction of sp³-hybridized carbons (Fsp3) is 0.455. The summed E-state index contributed by atoms with van der Waals surface area (Å²) in [6.45, 7) is 0.381. The van der Waals surface area contributed by atoms with Crippen LogP contribution in [-0.2, 0) is 0 Å². The number of nitrogens with zero attached hydrogens (tertiary/aromatic N) is 1. The monoisotopic (exact) mass is 295 g/mol. The average molecular weight is 296 g/mol. The van der Waals surface area contributed by atoms with Gasteiger partial charge >= 0.3 is 0 Å². The molecule has 0 bridgehead atoms. The number of alkyl halides is 2. The molecule has 1 aromatic carbocycles. The lowest BCUT2D eigenvalue weighted by atomic mass is 10.1. The Morgan fingerprint density at radius 1 is 1.17 bits per heavy atom. The Hall–Kier alpha value is -0.940. The lowest BCUT2D eigenvalue weighted by Crippen LogP contribution is -2.39. The van der Waals surface area contributed by atoms with Crippen LogP contribution < -0.4 is 16.4 Å². The second-order valence-corrected chi connectivity index (χ2v) is 5.15. The molecule has 0 radical (unpaired) electrons. The van der Waals surface area contributed by atoms with Crippen LogP contribution in [0.2, 0.25) is 10.0 Å². The van der Waals surface area contributed by atoms with Crippen LogP contribution in [0.15, 0.2) is 6.07 Å². The number of anilines is 3. The third-order valence-corrected chi connectivity index (χ3v) is 3.75. The van der Waals surface area contributed by atoms with Crippen molar-refractivity contribution in [3.63, 3.8) is 0 Å². The second-order valence-electron chi connectivity index (χ2n) is 4.37. The lowest BCUT2D eigenvalue weighted by Gasteiger charge is -2.34. The van der Waals surface area contributed by atoms with Crippen LogP contribution >= 0.6 is 23.2 Å². The van der Waals surface area contributed by atoms with Crippen molar-refractivity contribution < 1.29 is 8.78 Å². The second kappa shape index (κ2) is 4.63. The largest absolute Gasteiger partial charge is 0.397 e. The third kappa shape index (κ3) is 2.42. The highest BCUT2D eigenvalue weighted by atomic mass is 35.5. The number of hydrogen-bond donors (Lipinski definition) is 2. The molecule has 1 heterocycles. The summed E-state index contributed by atoms with van der Waals surface area (Å²) < 4.78 is 26.2. The summed E-state index contributed by atoms with van der Waals surface area (Å²) in [5.74, 6) is -2.62. The van der Waals surface area contributed by atoms with Gasteiger partial charge in [-0.15, -0.1) is 0 Å². The van der Waals surface area contributed by atoms with E-state index in [1.165, 1.54) is 6.07 Å². The van der Waals surface area contributed by atoms with E-state index in [0.29, 0.717) is 10.7 Å². The van der Waals surface area contributed by atoms with Crippen molar-refractivity contribution in [3.8, 4) is 0 Å². The van der Waals surface area contributed by atoms with Crippen molar-refractivity contribution in [2.75, 3.05) is 29.5 Å². The summed E-state index contributed by atoms with van der Waals surface area (Å²) in [5, 5.41) is 0.558. The van der Waals surface area contributed by atoms with Crippen LogP contribution in [0.1, 0.15) is 12.8 Å². The van der Waals surface area contributed by atoms with E-state index in [-0.39, 0.29) is 42.3 Å². The van der Waals surface area contributed by atoms with E-state index in [2.05, 4.69) is 0 Å². The quantitative estimate of drug-likeness (QED) is 0.781. The zero-order valence-corrected chi connectivity index (χ0v) is 11.0. The Labute approximate surface area is 114 Å². The van der Waals surface area contributed by atoms with E-state index in [0.717, 1.165) is 0 Å². The van der Waals surface area contributed by atoms with E-state index < -0.39 is 5.92 Å². The minimum absolute atomic E-state index is 0.190. The first-order valence-corrected chi connectivity index (χ1v) is 6.23. The molecular weight excluding hydrogens is 283 g/mol. The summed E-state index contributed by atoms with van der Waals surface area (Å²) in [5.41, 5.74) is 12.4. The molecule has 3 nitrogen and oxygen atoms in total. The molecule has 1 saturated heterocycles. The first kappa shape index (κ1) is 13.5. The van der Waals surface area contributed by atoms with Crippen LogP contribution in [0, 0.1) is 0 Å². The van der Waals surface area contributed by atoms with Crippen molar-refractivity contribution >= 4 is 40.3 Å². The molecule has 1 aromatic rings. The van der Waals surface area contributed by atoms with Crippen molar-refractivity contribution in [1.82, 2.24) is 0 Å². The van der Waals surface area contributed by atoms with Gasteiger partial charge in [0.25, 0.3) is 5.92 Å². The summed E-state index contributed by atoms with van der Waals surface area (Å²) in [6, 6.07) is 1.49. The minimum atomic E-state index is -2.62. The topological polar surface area (TPSA) is 55.3 Å². The summed E-state index contributed by atoms with van der Waals surface area (Å²) in [6.07, 6.45) is -0.437. The molecule has 2 rings (SSSR count). The zero-order chi connectivity index (χ0) is 13.5. The zero-order valence-electron chi connectivity index (χ0n) is 9.52. The smallest absolute Gasteiger partial charge is 0.251 e. The minimum Gasteiger partial charge on any atom is -0.397 e. The molecule has 4 N–H and O–H groups in total. The van der Waals surface area contributed by atoms with Gasteiger partial charge in [-0.1, -0.05) is 23.2 Å². The Bertz CT molecular complexity index is 470. The maximum Gasteiger partial charge on any atom is 0.251 e.